The maximum Gasteiger partial charge on any atom is 0.302 e. The van der Waals surface area contributed by atoms with E-state index >= 15 is 0 Å². The quantitative estimate of drug-likeness (QED) is 0.569. The highest BCUT2D eigenvalue weighted by atomic mass is 35.5. The number of benzene rings is 1. The van der Waals surface area contributed by atoms with Crippen LogP contribution in [0, 0.1) is 0 Å². The summed E-state index contributed by atoms with van der Waals surface area (Å²) in [6.07, 6.45) is 1.32. The molecule has 0 fully saturated rings. The molecule has 1 rings (SSSR count). The summed E-state index contributed by atoms with van der Waals surface area (Å²) in [5.41, 5.74) is 0.944. The van der Waals surface area contributed by atoms with Crippen molar-refractivity contribution in [2.24, 2.45) is 0 Å². The topological polar surface area (TPSA) is 69.7 Å². The Balaban J connectivity index is 2.59. The Morgan fingerprint density at radius 2 is 1.90 bits per heavy atom. The van der Waals surface area contributed by atoms with Gasteiger partial charge in [0.05, 0.1) is 12.9 Å². The van der Waals surface area contributed by atoms with E-state index in [1.54, 1.807) is 12.1 Å². The van der Waals surface area contributed by atoms with Crippen LogP contribution in [0.25, 0.3) is 0 Å². The largest absolute Gasteiger partial charge is 0.462 e. The molecular weight excluding hydrogens is 304 g/mol. The molecule has 0 aliphatic heterocycles. The van der Waals surface area contributed by atoms with Gasteiger partial charge >= 0.3 is 5.97 Å². The standard InChI is InChI=1S/C13H17ClO5S/c1-10(15)19-13(7-8-18-20(2,16)17)9-11-3-5-12(14)6-4-11/h3-6,13H,7-9H2,1-2H3. The van der Waals surface area contributed by atoms with Gasteiger partial charge in [0.1, 0.15) is 6.10 Å². The summed E-state index contributed by atoms with van der Waals surface area (Å²) in [5, 5.41) is 0.623. The number of halogens is 1. The van der Waals surface area contributed by atoms with Gasteiger partial charge in [-0.1, -0.05) is 23.7 Å². The van der Waals surface area contributed by atoms with Crippen LogP contribution in [0.4, 0.5) is 0 Å². The second kappa shape index (κ2) is 7.61. The van der Waals surface area contributed by atoms with Gasteiger partial charge in [0, 0.05) is 24.8 Å². The van der Waals surface area contributed by atoms with Crippen LogP contribution in [0.3, 0.4) is 0 Å². The molecule has 0 aliphatic carbocycles. The van der Waals surface area contributed by atoms with Crippen LogP contribution in [-0.4, -0.2) is 33.4 Å². The first-order chi connectivity index (χ1) is 9.26. The van der Waals surface area contributed by atoms with Crippen LogP contribution >= 0.6 is 11.6 Å². The summed E-state index contributed by atoms with van der Waals surface area (Å²) in [6.45, 7) is 1.29. The Hall–Kier alpha value is -1.11. The zero-order chi connectivity index (χ0) is 15.2. The first-order valence-electron chi connectivity index (χ1n) is 6.02. The Morgan fingerprint density at radius 1 is 1.30 bits per heavy atom. The number of esters is 1. The van der Waals surface area contributed by atoms with E-state index in [0.717, 1.165) is 11.8 Å². The molecule has 0 saturated carbocycles. The summed E-state index contributed by atoms with van der Waals surface area (Å²) in [7, 11) is -3.48. The number of carbonyl (C=O) groups excluding carboxylic acids is 1. The first-order valence-corrected chi connectivity index (χ1v) is 8.22. The molecule has 7 heteroatoms. The molecular formula is C13H17ClO5S. The molecule has 1 unspecified atom stereocenters. The molecule has 0 heterocycles. The molecule has 0 aliphatic rings. The van der Waals surface area contributed by atoms with Crippen molar-refractivity contribution in [1.29, 1.82) is 0 Å². The summed E-state index contributed by atoms with van der Waals surface area (Å²) in [5.74, 6) is -0.414. The SMILES string of the molecule is CC(=O)OC(CCOS(C)(=O)=O)Cc1ccc(Cl)cc1. The van der Waals surface area contributed by atoms with Crippen molar-refractivity contribution in [1.82, 2.24) is 0 Å². The molecule has 0 saturated heterocycles. The summed E-state index contributed by atoms with van der Waals surface area (Å²) < 4.78 is 31.6. The lowest BCUT2D eigenvalue weighted by atomic mass is 10.1. The third-order valence-electron chi connectivity index (χ3n) is 2.45. The highest BCUT2D eigenvalue weighted by molar-refractivity contribution is 7.85. The smallest absolute Gasteiger partial charge is 0.302 e. The van der Waals surface area contributed by atoms with Crippen molar-refractivity contribution in [3.8, 4) is 0 Å². The minimum absolute atomic E-state index is 0.0234. The second-order valence-corrected chi connectivity index (χ2v) is 6.46. The lowest BCUT2D eigenvalue weighted by Gasteiger charge is -2.17. The summed E-state index contributed by atoms with van der Waals surface area (Å²) >= 11 is 5.79. The average molecular weight is 321 g/mol. The van der Waals surface area contributed by atoms with E-state index in [2.05, 4.69) is 4.18 Å². The molecule has 0 amide bonds. The van der Waals surface area contributed by atoms with Crippen molar-refractivity contribution in [2.45, 2.75) is 25.9 Å². The Morgan fingerprint density at radius 3 is 2.40 bits per heavy atom. The monoisotopic (exact) mass is 320 g/mol. The molecule has 0 bridgehead atoms. The van der Waals surface area contributed by atoms with Crippen LogP contribution in [0.5, 0.6) is 0 Å². The fraction of sp³-hybridized carbons (Fsp3) is 0.462. The van der Waals surface area contributed by atoms with E-state index in [0.29, 0.717) is 17.9 Å². The number of ether oxygens (including phenoxy) is 1. The van der Waals surface area contributed by atoms with Gasteiger partial charge in [0.2, 0.25) is 0 Å². The molecule has 0 aromatic heterocycles. The third-order valence-corrected chi connectivity index (χ3v) is 3.29. The molecule has 1 atom stereocenters. The number of hydrogen-bond acceptors (Lipinski definition) is 5. The molecule has 0 N–H and O–H groups in total. The van der Waals surface area contributed by atoms with Crippen LogP contribution in [0.15, 0.2) is 24.3 Å². The average Bonchev–Trinajstić information content (AvgIpc) is 2.29. The van der Waals surface area contributed by atoms with E-state index in [1.165, 1.54) is 6.92 Å². The maximum atomic E-state index is 11.1. The maximum absolute atomic E-state index is 11.1. The van der Waals surface area contributed by atoms with Gasteiger partial charge in [-0.15, -0.1) is 0 Å². The summed E-state index contributed by atoms with van der Waals surface area (Å²) in [4.78, 5) is 11.1. The van der Waals surface area contributed by atoms with Crippen molar-refractivity contribution < 1.29 is 22.1 Å². The van der Waals surface area contributed by atoms with E-state index in [-0.39, 0.29) is 6.61 Å². The lowest BCUT2D eigenvalue weighted by Crippen LogP contribution is -2.22. The van der Waals surface area contributed by atoms with Gasteiger partial charge in [0.15, 0.2) is 0 Å². The first kappa shape index (κ1) is 16.9. The Labute approximate surface area is 124 Å². The fourth-order valence-electron chi connectivity index (χ4n) is 1.65. The van der Waals surface area contributed by atoms with Gasteiger partial charge in [-0.2, -0.15) is 8.42 Å². The molecule has 5 nitrogen and oxygen atoms in total. The van der Waals surface area contributed by atoms with Crippen molar-refractivity contribution in [3.05, 3.63) is 34.9 Å². The normalized spacial score (nSPS) is 12.9. The van der Waals surface area contributed by atoms with Gasteiger partial charge in [-0.25, -0.2) is 0 Å². The van der Waals surface area contributed by atoms with E-state index < -0.39 is 22.2 Å². The number of hydrogen-bond donors (Lipinski definition) is 0. The minimum atomic E-state index is -3.48. The molecule has 112 valence electrons. The number of carbonyl (C=O) groups is 1. The van der Waals surface area contributed by atoms with Crippen LogP contribution in [0.2, 0.25) is 5.02 Å². The number of rotatable bonds is 7. The molecule has 20 heavy (non-hydrogen) atoms. The van der Waals surface area contributed by atoms with E-state index in [9.17, 15) is 13.2 Å². The molecule has 1 aromatic carbocycles. The predicted molar refractivity (Wildman–Crippen MR) is 76.1 cm³/mol. The van der Waals surface area contributed by atoms with Crippen LogP contribution < -0.4 is 0 Å². The Bertz CT molecular complexity index is 538. The highest BCUT2D eigenvalue weighted by Gasteiger charge is 2.14. The van der Waals surface area contributed by atoms with Gasteiger partial charge in [-0.3, -0.25) is 8.98 Å². The van der Waals surface area contributed by atoms with Crippen molar-refractivity contribution in [3.63, 3.8) is 0 Å². The Kier molecular flexibility index (Phi) is 6.45. The van der Waals surface area contributed by atoms with E-state index in [4.69, 9.17) is 16.3 Å². The molecule has 0 spiro atoms. The van der Waals surface area contributed by atoms with Gasteiger partial charge in [-0.05, 0) is 17.7 Å². The lowest BCUT2D eigenvalue weighted by molar-refractivity contribution is -0.146. The highest BCUT2D eigenvalue weighted by Crippen LogP contribution is 2.14. The molecule has 0 radical (unpaired) electrons. The van der Waals surface area contributed by atoms with Crippen LogP contribution in [0.1, 0.15) is 18.9 Å². The zero-order valence-electron chi connectivity index (χ0n) is 11.3. The molecule has 1 aromatic rings. The second-order valence-electron chi connectivity index (χ2n) is 4.38. The van der Waals surface area contributed by atoms with Crippen molar-refractivity contribution in [2.75, 3.05) is 12.9 Å². The van der Waals surface area contributed by atoms with Gasteiger partial charge < -0.3 is 4.74 Å². The van der Waals surface area contributed by atoms with Crippen LogP contribution in [-0.2, 0) is 30.3 Å². The summed E-state index contributed by atoms with van der Waals surface area (Å²) in [6, 6.07) is 7.15. The van der Waals surface area contributed by atoms with Crippen molar-refractivity contribution >= 4 is 27.7 Å². The van der Waals surface area contributed by atoms with E-state index in [1.807, 2.05) is 12.1 Å². The zero-order valence-corrected chi connectivity index (χ0v) is 12.9. The fourth-order valence-corrected chi connectivity index (χ4v) is 2.18. The minimum Gasteiger partial charge on any atom is -0.462 e. The third kappa shape index (κ3) is 7.47. The van der Waals surface area contributed by atoms with Gasteiger partial charge in [0.25, 0.3) is 10.1 Å². The predicted octanol–water partition coefficient (Wildman–Crippen LogP) is 2.18.